The minimum atomic E-state index is -3.60. The van der Waals surface area contributed by atoms with Crippen molar-refractivity contribution >= 4 is 37.7 Å². The second-order valence-corrected chi connectivity index (χ2v) is 9.59. The van der Waals surface area contributed by atoms with E-state index in [1.807, 2.05) is 59.2 Å². The average Bonchev–Trinajstić information content (AvgIpc) is 3.21. The van der Waals surface area contributed by atoms with Gasteiger partial charge in [-0.05, 0) is 35.0 Å². The van der Waals surface area contributed by atoms with Gasteiger partial charge in [0.25, 0.3) is 0 Å². The Morgan fingerprint density at radius 1 is 0.871 bits per heavy atom. The van der Waals surface area contributed by atoms with Gasteiger partial charge in [0.1, 0.15) is 6.54 Å². The molecule has 1 aliphatic rings. The topological polar surface area (TPSA) is 75.5 Å². The van der Waals surface area contributed by atoms with Crippen LogP contribution in [0, 0.1) is 0 Å². The molecule has 0 atom stereocenters. The van der Waals surface area contributed by atoms with Gasteiger partial charge in [-0.25, -0.2) is 13.4 Å². The number of nitrogens with zero attached hydrogens (tertiary/aromatic N) is 4. The zero-order chi connectivity index (χ0) is 21.4. The molecule has 0 bridgehead atoms. The predicted octanol–water partition coefficient (Wildman–Crippen LogP) is 2.72. The number of amides is 1. The van der Waals surface area contributed by atoms with Crippen LogP contribution in [0.1, 0.15) is 0 Å². The highest BCUT2D eigenvalue weighted by Gasteiger charge is 2.30. The van der Waals surface area contributed by atoms with Gasteiger partial charge in [-0.1, -0.05) is 42.5 Å². The molecule has 1 amide bonds. The van der Waals surface area contributed by atoms with Crippen LogP contribution in [0.15, 0.2) is 78.0 Å². The second kappa shape index (κ2) is 7.79. The quantitative estimate of drug-likeness (QED) is 0.495. The molecule has 31 heavy (non-hydrogen) atoms. The first-order valence-electron chi connectivity index (χ1n) is 10.2. The molecule has 0 saturated carbocycles. The molecule has 1 aromatic heterocycles. The lowest BCUT2D eigenvalue weighted by Crippen LogP contribution is -2.51. The summed E-state index contributed by atoms with van der Waals surface area (Å²) in [4.78, 5) is 19.1. The number of imidazole rings is 1. The van der Waals surface area contributed by atoms with Crippen molar-refractivity contribution < 1.29 is 13.2 Å². The number of hydrogen-bond donors (Lipinski definition) is 0. The minimum absolute atomic E-state index is 0.0362. The van der Waals surface area contributed by atoms with Crippen molar-refractivity contribution in [3.63, 3.8) is 0 Å². The van der Waals surface area contributed by atoms with Crippen LogP contribution >= 0.6 is 0 Å². The highest BCUT2D eigenvalue weighted by atomic mass is 32.2. The monoisotopic (exact) mass is 434 g/mol. The first-order valence-corrected chi connectivity index (χ1v) is 11.6. The third kappa shape index (κ3) is 3.68. The molecule has 8 heteroatoms. The Morgan fingerprint density at radius 2 is 1.58 bits per heavy atom. The fraction of sp³-hybridized carbons (Fsp3) is 0.217. The molecule has 7 nitrogen and oxygen atoms in total. The van der Waals surface area contributed by atoms with E-state index in [1.54, 1.807) is 23.4 Å². The van der Waals surface area contributed by atoms with Crippen molar-refractivity contribution in [2.75, 3.05) is 26.2 Å². The number of piperazine rings is 1. The third-order valence-electron chi connectivity index (χ3n) is 5.78. The van der Waals surface area contributed by atoms with E-state index in [2.05, 4.69) is 4.98 Å². The zero-order valence-electron chi connectivity index (χ0n) is 16.9. The number of hydrogen-bond acceptors (Lipinski definition) is 4. The molecule has 158 valence electrons. The summed E-state index contributed by atoms with van der Waals surface area (Å²) in [5.74, 6) is -0.0362. The van der Waals surface area contributed by atoms with Crippen LogP contribution in [0.25, 0.3) is 21.8 Å². The van der Waals surface area contributed by atoms with E-state index in [9.17, 15) is 13.2 Å². The lowest BCUT2D eigenvalue weighted by atomic mass is 10.1. The Morgan fingerprint density at radius 3 is 2.39 bits per heavy atom. The summed E-state index contributed by atoms with van der Waals surface area (Å²) < 4.78 is 29.5. The Balaban J connectivity index is 1.27. The molecular formula is C23H22N4O3S. The van der Waals surface area contributed by atoms with E-state index in [1.165, 1.54) is 4.31 Å². The predicted molar refractivity (Wildman–Crippen MR) is 119 cm³/mol. The molecule has 0 unspecified atom stereocenters. The summed E-state index contributed by atoms with van der Waals surface area (Å²) in [6, 6.07) is 20.6. The SMILES string of the molecule is O=C(Cn1cnc2ccccc21)N1CCN(S(=O)(=O)c2ccc3ccccc3c2)CC1. The fourth-order valence-electron chi connectivity index (χ4n) is 4.04. The maximum atomic E-state index is 13.1. The molecule has 1 saturated heterocycles. The fourth-order valence-corrected chi connectivity index (χ4v) is 5.49. The molecule has 1 fully saturated rings. The first-order chi connectivity index (χ1) is 15.0. The standard InChI is InChI=1S/C23H22N4O3S/c28-23(16-26-17-24-21-7-3-4-8-22(21)26)25-11-13-27(14-12-25)31(29,30)20-10-9-18-5-1-2-6-19(18)15-20/h1-10,15,17H,11-14,16H2. The normalized spacial score (nSPS) is 15.5. The van der Waals surface area contributed by atoms with Gasteiger partial charge in [0.15, 0.2) is 0 Å². The Bertz CT molecular complexity index is 1370. The number of carbonyl (C=O) groups excluding carboxylic acids is 1. The second-order valence-electron chi connectivity index (χ2n) is 7.66. The van der Waals surface area contributed by atoms with Gasteiger partial charge in [0.05, 0.1) is 22.3 Å². The van der Waals surface area contributed by atoms with E-state index in [0.717, 1.165) is 21.8 Å². The molecule has 0 aliphatic carbocycles. The van der Waals surface area contributed by atoms with Gasteiger partial charge in [-0.3, -0.25) is 4.79 Å². The number of sulfonamides is 1. The van der Waals surface area contributed by atoms with Gasteiger partial charge in [0.2, 0.25) is 15.9 Å². The third-order valence-corrected chi connectivity index (χ3v) is 7.68. The molecule has 0 N–H and O–H groups in total. The van der Waals surface area contributed by atoms with Crippen LogP contribution in [-0.2, 0) is 21.4 Å². The van der Waals surface area contributed by atoms with Crippen LogP contribution < -0.4 is 0 Å². The Hall–Kier alpha value is -3.23. The van der Waals surface area contributed by atoms with Crippen LogP contribution in [0.5, 0.6) is 0 Å². The summed E-state index contributed by atoms with van der Waals surface area (Å²) in [6.07, 6.45) is 1.67. The maximum Gasteiger partial charge on any atom is 0.243 e. The highest BCUT2D eigenvalue weighted by Crippen LogP contribution is 2.23. The minimum Gasteiger partial charge on any atom is -0.339 e. The van der Waals surface area contributed by atoms with Gasteiger partial charge in [-0.2, -0.15) is 4.31 Å². The lowest BCUT2D eigenvalue weighted by molar-refractivity contribution is -0.132. The summed E-state index contributed by atoms with van der Waals surface area (Å²) in [6.45, 7) is 1.51. The number of benzene rings is 3. The molecule has 3 aromatic carbocycles. The molecule has 1 aliphatic heterocycles. The Labute approximate surface area is 180 Å². The highest BCUT2D eigenvalue weighted by molar-refractivity contribution is 7.89. The number of rotatable bonds is 4. The van der Waals surface area contributed by atoms with Gasteiger partial charge >= 0.3 is 0 Å². The number of para-hydroxylation sites is 2. The first kappa shape index (κ1) is 19.7. The summed E-state index contributed by atoms with van der Waals surface area (Å²) in [5.41, 5.74) is 1.76. The summed E-state index contributed by atoms with van der Waals surface area (Å²) in [5, 5.41) is 1.90. The molecular weight excluding hydrogens is 412 g/mol. The number of fused-ring (bicyclic) bond motifs is 2. The van der Waals surface area contributed by atoms with Crippen LogP contribution in [-0.4, -0.2) is 59.3 Å². The van der Waals surface area contributed by atoms with Crippen LogP contribution in [0.2, 0.25) is 0 Å². The van der Waals surface area contributed by atoms with Crippen molar-refractivity contribution in [2.24, 2.45) is 0 Å². The molecule has 0 spiro atoms. The number of carbonyl (C=O) groups is 1. The van der Waals surface area contributed by atoms with E-state index in [-0.39, 0.29) is 30.4 Å². The largest absolute Gasteiger partial charge is 0.339 e. The summed E-state index contributed by atoms with van der Waals surface area (Å²) >= 11 is 0. The van der Waals surface area contributed by atoms with Gasteiger partial charge in [-0.15, -0.1) is 0 Å². The van der Waals surface area contributed by atoms with Crippen molar-refractivity contribution in [3.8, 4) is 0 Å². The zero-order valence-corrected chi connectivity index (χ0v) is 17.7. The molecule has 4 aromatic rings. The van der Waals surface area contributed by atoms with Crippen molar-refractivity contribution in [1.82, 2.24) is 18.8 Å². The van der Waals surface area contributed by atoms with Crippen molar-refractivity contribution in [1.29, 1.82) is 0 Å². The summed E-state index contributed by atoms with van der Waals surface area (Å²) in [7, 11) is -3.60. The molecule has 5 rings (SSSR count). The van der Waals surface area contributed by atoms with E-state index >= 15 is 0 Å². The van der Waals surface area contributed by atoms with E-state index < -0.39 is 10.0 Å². The Kier molecular flexibility index (Phi) is 4.95. The lowest BCUT2D eigenvalue weighted by Gasteiger charge is -2.34. The van der Waals surface area contributed by atoms with Crippen molar-refractivity contribution in [3.05, 3.63) is 73.1 Å². The van der Waals surface area contributed by atoms with Crippen molar-refractivity contribution in [2.45, 2.75) is 11.4 Å². The van der Waals surface area contributed by atoms with Crippen LogP contribution in [0.4, 0.5) is 0 Å². The molecule has 2 heterocycles. The van der Waals surface area contributed by atoms with E-state index in [4.69, 9.17) is 0 Å². The van der Waals surface area contributed by atoms with Gasteiger partial charge in [0, 0.05) is 26.2 Å². The van der Waals surface area contributed by atoms with E-state index in [0.29, 0.717) is 13.1 Å². The average molecular weight is 435 g/mol. The maximum absolute atomic E-state index is 13.1. The van der Waals surface area contributed by atoms with Gasteiger partial charge < -0.3 is 9.47 Å². The molecule has 0 radical (unpaired) electrons. The van der Waals surface area contributed by atoms with Crippen LogP contribution in [0.3, 0.4) is 0 Å². The number of aromatic nitrogens is 2. The smallest absolute Gasteiger partial charge is 0.243 e.